The molecule has 4 rings (SSSR count). The summed E-state index contributed by atoms with van der Waals surface area (Å²) in [5.74, 6) is 0. The van der Waals surface area contributed by atoms with Crippen LogP contribution >= 0.6 is 24.8 Å². The monoisotopic (exact) mass is 502 g/mol. The molecule has 0 unspecified atom stereocenters. The van der Waals surface area contributed by atoms with Gasteiger partial charge in [-0.05, 0) is 0 Å². The molecule has 0 amide bonds. The van der Waals surface area contributed by atoms with Gasteiger partial charge in [-0.15, -0.1) is 84.1 Å². The van der Waals surface area contributed by atoms with Crippen LogP contribution in [0.4, 0.5) is 0 Å². The van der Waals surface area contributed by atoms with E-state index < -0.39 is 0 Å². The average molecular weight is 505 g/mol. The first-order valence-corrected chi connectivity index (χ1v) is 12.2. The Balaban J connectivity index is -0.000000313. The third kappa shape index (κ3) is 12.9. The zero-order valence-corrected chi connectivity index (χ0v) is 21.0. The molecule has 0 saturated carbocycles. The van der Waals surface area contributed by atoms with Gasteiger partial charge in [0.15, 0.2) is 0 Å². The van der Waals surface area contributed by atoms with Crippen molar-refractivity contribution in [2.45, 2.75) is 0 Å². The fourth-order valence-corrected chi connectivity index (χ4v) is 2.14. The Morgan fingerprint density at radius 3 is 1.25 bits per heavy atom. The summed E-state index contributed by atoms with van der Waals surface area (Å²) < 4.78 is 0. The molecule has 0 aliphatic heterocycles. The molecule has 0 aromatic heterocycles. The standard InChI is InChI=1S/2C9H7.2C3H5.2ClH.Si.Zr/c2*1-2-5-9-7-3-6-8(9)4-1;2*1-3-2;;;;/h2*1-7H;2*3H,1-2H2;2*1H;;/q4*-1;;;;. The Morgan fingerprint density at radius 1 is 0.679 bits per heavy atom. The van der Waals surface area contributed by atoms with Gasteiger partial charge in [-0.25, -0.2) is 39.2 Å². The first-order valence-electron chi connectivity index (χ1n) is 8.03. The number of hydrogen-bond donors (Lipinski definition) is 0. The number of fused-ring (bicyclic) bond motifs is 2. The predicted octanol–water partition coefficient (Wildman–Crippen LogP) is 7.59. The Hall–Kier alpha value is -1.44. The van der Waals surface area contributed by atoms with Crippen LogP contribution < -0.4 is 0 Å². The summed E-state index contributed by atoms with van der Waals surface area (Å²) in [6.07, 6.45) is 3.00. The van der Waals surface area contributed by atoms with Gasteiger partial charge in [-0.1, -0.05) is 12.1 Å². The maximum Gasteiger partial charge on any atom is -0.0809 e. The van der Waals surface area contributed by atoms with Crippen molar-refractivity contribution in [1.82, 2.24) is 0 Å². The maximum absolute atomic E-state index is 3.25. The predicted molar refractivity (Wildman–Crippen MR) is 130 cm³/mol. The molecule has 0 spiro atoms. The van der Waals surface area contributed by atoms with Gasteiger partial charge in [-0.2, -0.15) is 35.0 Å². The Kier molecular flexibility index (Phi) is 24.4. The summed E-state index contributed by atoms with van der Waals surface area (Å²) in [5, 5.41) is 5.32. The summed E-state index contributed by atoms with van der Waals surface area (Å²) in [5.41, 5.74) is 0. The van der Waals surface area contributed by atoms with E-state index in [-0.39, 0.29) is 24.8 Å². The third-order valence-electron chi connectivity index (χ3n) is 3.10. The van der Waals surface area contributed by atoms with Gasteiger partial charge >= 0.3 is 30.2 Å². The van der Waals surface area contributed by atoms with E-state index in [2.05, 4.69) is 119 Å². The average Bonchev–Trinajstić information content (AvgIpc) is 3.34. The van der Waals surface area contributed by atoms with Crippen LogP contribution in [0.5, 0.6) is 0 Å². The van der Waals surface area contributed by atoms with E-state index in [1.54, 1.807) is 0 Å². The maximum atomic E-state index is 3.25. The number of allylic oxidation sites excluding steroid dienone is 2. The second-order valence-corrected chi connectivity index (χ2v) is 4.89. The minimum atomic E-state index is 0. The zero-order chi connectivity index (χ0) is 19.6. The summed E-state index contributed by atoms with van der Waals surface area (Å²) in [6, 6.07) is 29.3. The van der Waals surface area contributed by atoms with Crippen molar-refractivity contribution < 1.29 is 23.3 Å². The van der Waals surface area contributed by atoms with Crippen LogP contribution in [0.25, 0.3) is 21.5 Å². The van der Waals surface area contributed by atoms with Gasteiger partial charge < -0.3 is 0 Å². The van der Waals surface area contributed by atoms with E-state index in [1.807, 2.05) is 0 Å². The summed E-state index contributed by atoms with van der Waals surface area (Å²) >= 11 is 1.36. The van der Waals surface area contributed by atoms with Gasteiger partial charge in [0.2, 0.25) is 0 Å². The minimum Gasteiger partial charge on any atom is -0.168 e. The topological polar surface area (TPSA) is 0 Å². The molecule has 0 heterocycles. The Morgan fingerprint density at radius 2 is 0.964 bits per heavy atom. The molecule has 4 aromatic carbocycles. The first-order chi connectivity index (χ1) is 12.8. The van der Waals surface area contributed by atoms with Gasteiger partial charge in [0, 0.05) is 0 Å². The number of hydrogen-bond acceptors (Lipinski definition) is 0. The molecule has 148 valence electrons. The van der Waals surface area contributed by atoms with Crippen LogP contribution in [0.2, 0.25) is 0 Å². The van der Waals surface area contributed by atoms with Gasteiger partial charge in [0.05, 0.1) is 0 Å². The molecule has 0 fully saturated rings. The van der Waals surface area contributed by atoms with E-state index in [4.69, 9.17) is 0 Å². The molecule has 28 heavy (non-hydrogen) atoms. The van der Waals surface area contributed by atoms with Crippen LogP contribution in [0.15, 0.2) is 110 Å². The summed E-state index contributed by atoms with van der Waals surface area (Å²) in [4.78, 5) is 0. The Labute approximate surface area is 199 Å². The van der Waals surface area contributed by atoms with Crippen molar-refractivity contribution >= 4 is 53.2 Å². The molecule has 4 heteroatoms. The summed E-state index contributed by atoms with van der Waals surface area (Å²) in [6.45, 7) is 16.1. The van der Waals surface area contributed by atoms with Gasteiger partial charge in [0.1, 0.15) is 0 Å². The SMILES string of the molecule is C=C[CH2-].C=C[CH2-].Cl.Cl.[Si]=[Zr].c1ccc2[cH-]ccc2c1.c1ccc2[cH-]ccc2c1. The quantitative estimate of drug-likeness (QED) is 0.171. The molecule has 0 N–H and O–H groups in total. The molecule has 0 bridgehead atoms. The van der Waals surface area contributed by atoms with Crippen molar-refractivity contribution in [2.75, 3.05) is 0 Å². The molecular weight excluding hydrogens is 478 g/mol. The fourth-order valence-electron chi connectivity index (χ4n) is 2.14. The van der Waals surface area contributed by atoms with E-state index in [1.165, 1.54) is 57.0 Å². The van der Waals surface area contributed by atoms with Crippen molar-refractivity contribution in [3.63, 3.8) is 0 Å². The molecule has 0 aliphatic rings. The van der Waals surface area contributed by atoms with Crippen LogP contribution in [0.1, 0.15) is 0 Å². The summed E-state index contributed by atoms with van der Waals surface area (Å²) in [7, 11) is 0. The van der Waals surface area contributed by atoms with Crippen molar-refractivity contribution in [2.24, 2.45) is 0 Å². The van der Waals surface area contributed by atoms with E-state index in [9.17, 15) is 0 Å². The number of halogens is 2. The smallest absolute Gasteiger partial charge is 0.0809 e. The first kappa shape index (κ1) is 31.3. The molecule has 0 atom stereocenters. The zero-order valence-electron chi connectivity index (χ0n) is 15.9. The fraction of sp³-hybridized carbons (Fsp3) is 0. The van der Waals surface area contributed by atoms with E-state index in [0.29, 0.717) is 0 Å². The van der Waals surface area contributed by atoms with Crippen molar-refractivity contribution in [3.8, 4) is 0 Å². The number of rotatable bonds is 0. The largest absolute Gasteiger partial charge is 0.168 e. The van der Waals surface area contributed by atoms with E-state index in [0.717, 1.165) is 0 Å². The second kappa shape index (κ2) is 21.9. The molecule has 2 radical (unpaired) electrons. The van der Waals surface area contributed by atoms with Crippen molar-refractivity contribution in [1.29, 1.82) is 0 Å². The Bertz CT molecular complexity index is 732. The van der Waals surface area contributed by atoms with Gasteiger partial charge in [0.25, 0.3) is 0 Å². The number of benzene rings is 2. The van der Waals surface area contributed by atoms with E-state index >= 15 is 0 Å². The van der Waals surface area contributed by atoms with Crippen LogP contribution in [0.3, 0.4) is 0 Å². The molecule has 0 nitrogen and oxygen atoms in total. The molecule has 0 aliphatic carbocycles. The third-order valence-corrected chi connectivity index (χ3v) is 3.10. The van der Waals surface area contributed by atoms with Crippen LogP contribution in [-0.4, -0.2) is 6.88 Å². The molecular formula is C24H26Cl2SiZr-4. The van der Waals surface area contributed by atoms with Crippen LogP contribution in [-0.2, 0) is 23.3 Å². The van der Waals surface area contributed by atoms with Gasteiger partial charge in [-0.3, -0.25) is 0 Å². The second-order valence-electron chi connectivity index (χ2n) is 4.89. The van der Waals surface area contributed by atoms with Crippen LogP contribution in [0, 0.1) is 13.8 Å². The normalized spacial score (nSPS) is 7.54. The minimum absolute atomic E-state index is 0. The van der Waals surface area contributed by atoms with Crippen molar-refractivity contribution in [3.05, 3.63) is 124 Å². The molecule has 4 aromatic rings. The molecule has 0 saturated heterocycles.